The number of nitrogens with zero attached hydrogens (tertiary/aromatic N) is 1. The molecule has 2 nitrogen and oxygen atoms in total. The zero-order valence-corrected chi connectivity index (χ0v) is 9.65. The SMILES string of the molecule is CO/N=C1\CCCC\C1=C/c1ccccc1. The Labute approximate surface area is 96.6 Å². The predicted molar refractivity (Wildman–Crippen MR) is 67.3 cm³/mol. The maximum absolute atomic E-state index is 4.90. The van der Waals surface area contributed by atoms with Crippen molar-refractivity contribution in [1.29, 1.82) is 0 Å². The monoisotopic (exact) mass is 215 g/mol. The zero-order chi connectivity index (χ0) is 11.2. The van der Waals surface area contributed by atoms with E-state index in [2.05, 4.69) is 35.5 Å². The van der Waals surface area contributed by atoms with E-state index in [4.69, 9.17) is 4.84 Å². The Morgan fingerprint density at radius 3 is 2.62 bits per heavy atom. The number of allylic oxidation sites excluding steroid dienone is 1. The third kappa shape index (κ3) is 2.72. The summed E-state index contributed by atoms with van der Waals surface area (Å²) in [5, 5.41) is 4.11. The third-order valence-electron chi connectivity index (χ3n) is 2.82. The molecule has 84 valence electrons. The molecular weight excluding hydrogens is 198 g/mol. The van der Waals surface area contributed by atoms with Gasteiger partial charge in [-0.3, -0.25) is 0 Å². The molecule has 1 aromatic rings. The van der Waals surface area contributed by atoms with E-state index in [0.717, 1.165) is 18.6 Å². The van der Waals surface area contributed by atoms with Crippen LogP contribution in [0.1, 0.15) is 31.2 Å². The fourth-order valence-electron chi connectivity index (χ4n) is 2.03. The number of oxime groups is 1. The van der Waals surface area contributed by atoms with E-state index in [0.29, 0.717) is 0 Å². The highest BCUT2D eigenvalue weighted by Crippen LogP contribution is 2.23. The van der Waals surface area contributed by atoms with Gasteiger partial charge in [-0.1, -0.05) is 35.5 Å². The van der Waals surface area contributed by atoms with Crippen LogP contribution in [0.4, 0.5) is 0 Å². The molecule has 1 aliphatic rings. The van der Waals surface area contributed by atoms with Gasteiger partial charge in [-0.2, -0.15) is 0 Å². The van der Waals surface area contributed by atoms with Crippen molar-refractivity contribution >= 4 is 11.8 Å². The Balaban J connectivity index is 2.23. The Morgan fingerprint density at radius 2 is 1.88 bits per heavy atom. The van der Waals surface area contributed by atoms with Crippen LogP contribution in [-0.2, 0) is 4.84 Å². The molecule has 0 saturated heterocycles. The zero-order valence-electron chi connectivity index (χ0n) is 9.65. The summed E-state index contributed by atoms with van der Waals surface area (Å²) in [6.45, 7) is 0. The lowest BCUT2D eigenvalue weighted by Crippen LogP contribution is -2.09. The number of benzene rings is 1. The fourth-order valence-corrected chi connectivity index (χ4v) is 2.03. The summed E-state index contributed by atoms with van der Waals surface area (Å²) < 4.78 is 0. The van der Waals surface area contributed by atoms with Gasteiger partial charge in [-0.15, -0.1) is 0 Å². The summed E-state index contributed by atoms with van der Waals surface area (Å²) in [7, 11) is 1.61. The molecule has 1 aromatic carbocycles. The van der Waals surface area contributed by atoms with Crippen molar-refractivity contribution in [2.45, 2.75) is 25.7 Å². The average molecular weight is 215 g/mol. The second-order valence-corrected chi connectivity index (χ2v) is 4.01. The van der Waals surface area contributed by atoms with Gasteiger partial charge in [0.1, 0.15) is 7.11 Å². The van der Waals surface area contributed by atoms with Gasteiger partial charge in [-0.05, 0) is 42.9 Å². The Hall–Kier alpha value is -1.57. The van der Waals surface area contributed by atoms with E-state index in [-0.39, 0.29) is 0 Å². The molecule has 0 aromatic heterocycles. The van der Waals surface area contributed by atoms with E-state index < -0.39 is 0 Å². The molecular formula is C14H17NO. The van der Waals surface area contributed by atoms with Crippen molar-refractivity contribution in [2.24, 2.45) is 5.16 Å². The molecule has 1 saturated carbocycles. The lowest BCUT2D eigenvalue weighted by molar-refractivity contribution is 0.212. The molecule has 0 amide bonds. The average Bonchev–Trinajstić information content (AvgIpc) is 2.33. The van der Waals surface area contributed by atoms with Crippen LogP contribution < -0.4 is 0 Å². The van der Waals surface area contributed by atoms with Gasteiger partial charge in [0, 0.05) is 0 Å². The molecule has 0 unspecified atom stereocenters. The number of hydrogen-bond acceptors (Lipinski definition) is 2. The topological polar surface area (TPSA) is 21.6 Å². The van der Waals surface area contributed by atoms with E-state index in [1.165, 1.54) is 24.0 Å². The summed E-state index contributed by atoms with van der Waals surface area (Å²) in [4.78, 5) is 4.90. The molecule has 0 radical (unpaired) electrons. The number of rotatable bonds is 2. The largest absolute Gasteiger partial charge is 0.399 e. The van der Waals surface area contributed by atoms with Crippen molar-refractivity contribution in [2.75, 3.05) is 7.11 Å². The fraction of sp³-hybridized carbons (Fsp3) is 0.357. The van der Waals surface area contributed by atoms with Crippen molar-refractivity contribution in [3.05, 3.63) is 41.5 Å². The normalized spacial score (nSPS) is 21.3. The highest BCUT2D eigenvalue weighted by molar-refractivity contribution is 6.03. The Morgan fingerprint density at radius 1 is 1.12 bits per heavy atom. The van der Waals surface area contributed by atoms with Crippen LogP contribution in [0.2, 0.25) is 0 Å². The molecule has 0 N–H and O–H groups in total. The summed E-state index contributed by atoms with van der Waals surface area (Å²) in [5.41, 5.74) is 3.67. The second-order valence-electron chi connectivity index (χ2n) is 4.01. The Bertz CT molecular complexity index is 392. The molecule has 2 heteroatoms. The van der Waals surface area contributed by atoms with E-state index in [1.54, 1.807) is 7.11 Å². The maximum Gasteiger partial charge on any atom is 0.106 e. The maximum atomic E-state index is 4.90. The first-order valence-corrected chi connectivity index (χ1v) is 5.76. The smallest absolute Gasteiger partial charge is 0.106 e. The highest BCUT2D eigenvalue weighted by Gasteiger charge is 2.13. The van der Waals surface area contributed by atoms with Gasteiger partial charge in [0.25, 0.3) is 0 Å². The van der Waals surface area contributed by atoms with E-state index >= 15 is 0 Å². The van der Waals surface area contributed by atoms with Crippen LogP contribution in [0.15, 0.2) is 41.1 Å². The number of hydrogen-bond donors (Lipinski definition) is 0. The lowest BCUT2D eigenvalue weighted by Gasteiger charge is -2.15. The minimum Gasteiger partial charge on any atom is -0.399 e. The molecule has 1 fully saturated rings. The second kappa shape index (κ2) is 5.50. The van der Waals surface area contributed by atoms with Gasteiger partial charge in [0.05, 0.1) is 5.71 Å². The van der Waals surface area contributed by atoms with Gasteiger partial charge in [0.15, 0.2) is 0 Å². The minimum absolute atomic E-state index is 1.03. The first kappa shape index (κ1) is 10.9. The van der Waals surface area contributed by atoms with Crippen molar-refractivity contribution in [3.8, 4) is 0 Å². The summed E-state index contributed by atoms with van der Waals surface area (Å²) >= 11 is 0. The summed E-state index contributed by atoms with van der Waals surface area (Å²) in [5.74, 6) is 0. The van der Waals surface area contributed by atoms with Crippen LogP contribution in [0.3, 0.4) is 0 Å². The lowest BCUT2D eigenvalue weighted by atomic mass is 9.91. The molecule has 0 spiro atoms. The van der Waals surface area contributed by atoms with Crippen LogP contribution in [0, 0.1) is 0 Å². The van der Waals surface area contributed by atoms with E-state index in [9.17, 15) is 0 Å². The summed E-state index contributed by atoms with van der Waals surface area (Å²) in [6.07, 6.45) is 6.83. The molecule has 1 aliphatic carbocycles. The predicted octanol–water partition coefficient (Wildman–Crippen LogP) is 3.65. The molecule has 16 heavy (non-hydrogen) atoms. The van der Waals surface area contributed by atoms with Crippen LogP contribution in [0.25, 0.3) is 6.08 Å². The standard InChI is InChI=1S/C14H17NO/c1-16-15-14-10-6-5-9-13(14)11-12-7-3-2-4-8-12/h2-4,7-8,11H,5-6,9-10H2,1H3/b13-11+,15-14+. The summed E-state index contributed by atoms with van der Waals surface area (Å²) in [6, 6.07) is 10.4. The van der Waals surface area contributed by atoms with E-state index in [1.807, 2.05) is 6.07 Å². The molecule has 0 atom stereocenters. The third-order valence-corrected chi connectivity index (χ3v) is 2.82. The first-order chi connectivity index (χ1) is 7.90. The molecule has 0 bridgehead atoms. The van der Waals surface area contributed by atoms with Gasteiger partial charge >= 0.3 is 0 Å². The highest BCUT2D eigenvalue weighted by atomic mass is 16.6. The minimum atomic E-state index is 1.03. The Kier molecular flexibility index (Phi) is 3.76. The van der Waals surface area contributed by atoms with Crippen LogP contribution in [0.5, 0.6) is 0 Å². The first-order valence-electron chi connectivity index (χ1n) is 5.76. The van der Waals surface area contributed by atoms with Gasteiger partial charge in [0.2, 0.25) is 0 Å². The molecule has 0 heterocycles. The van der Waals surface area contributed by atoms with Crippen LogP contribution in [-0.4, -0.2) is 12.8 Å². The molecule has 2 rings (SSSR count). The van der Waals surface area contributed by atoms with Crippen LogP contribution >= 0.6 is 0 Å². The van der Waals surface area contributed by atoms with Crippen molar-refractivity contribution in [1.82, 2.24) is 0 Å². The van der Waals surface area contributed by atoms with Gasteiger partial charge < -0.3 is 4.84 Å². The molecule has 0 aliphatic heterocycles. The van der Waals surface area contributed by atoms with Crippen molar-refractivity contribution < 1.29 is 4.84 Å². The quantitative estimate of drug-likeness (QED) is 0.690. The van der Waals surface area contributed by atoms with Crippen molar-refractivity contribution in [3.63, 3.8) is 0 Å². The van der Waals surface area contributed by atoms with Gasteiger partial charge in [-0.25, -0.2) is 0 Å².